The van der Waals surface area contributed by atoms with E-state index in [0.717, 1.165) is 6.04 Å². The monoisotopic (exact) mass is 141 g/mol. The molecule has 0 radical (unpaired) electrons. The Bertz CT molecular complexity index is 126. The average molecular weight is 141 g/mol. The predicted octanol–water partition coefficient (Wildman–Crippen LogP) is 0.605. The van der Waals surface area contributed by atoms with E-state index in [1.165, 1.54) is 32.2 Å². The summed E-state index contributed by atoms with van der Waals surface area (Å²) in [7, 11) is 0. The van der Waals surface area contributed by atoms with Gasteiger partial charge < -0.3 is 5.11 Å². The molecule has 1 unspecified atom stereocenters. The molecule has 2 aliphatic rings. The number of hydrogen-bond donors (Lipinski definition) is 1. The van der Waals surface area contributed by atoms with Crippen LogP contribution < -0.4 is 0 Å². The lowest BCUT2D eigenvalue weighted by Crippen LogP contribution is -2.33. The van der Waals surface area contributed by atoms with E-state index in [4.69, 9.17) is 5.11 Å². The van der Waals surface area contributed by atoms with Crippen molar-refractivity contribution in [2.75, 3.05) is 13.2 Å². The molecule has 0 bridgehead atoms. The molecule has 0 aromatic rings. The van der Waals surface area contributed by atoms with Gasteiger partial charge in [-0.15, -0.1) is 0 Å². The van der Waals surface area contributed by atoms with Gasteiger partial charge in [-0.3, -0.25) is 4.90 Å². The largest absolute Gasteiger partial charge is 0.395 e. The van der Waals surface area contributed by atoms with Crippen LogP contribution in [0.15, 0.2) is 0 Å². The Labute approximate surface area is 61.8 Å². The molecule has 2 heteroatoms. The van der Waals surface area contributed by atoms with Gasteiger partial charge in [-0.1, -0.05) is 0 Å². The van der Waals surface area contributed by atoms with Crippen LogP contribution in [0.3, 0.4) is 0 Å². The highest BCUT2D eigenvalue weighted by Crippen LogP contribution is 2.31. The Hall–Kier alpha value is -0.0800. The van der Waals surface area contributed by atoms with E-state index in [1.54, 1.807) is 0 Å². The van der Waals surface area contributed by atoms with Crippen molar-refractivity contribution < 1.29 is 5.11 Å². The van der Waals surface area contributed by atoms with Gasteiger partial charge in [-0.2, -0.15) is 0 Å². The van der Waals surface area contributed by atoms with Gasteiger partial charge in [0.05, 0.1) is 6.61 Å². The van der Waals surface area contributed by atoms with Crippen LogP contribution in [0.2, 0.25) is 0 Å². The van der Waals surface area contributed by atoms with E-state index >= 15 is 0 Å². The summed E-state index contributed by atoms with van der Waals surface area (Å²) >= 11 is 0. The predicted molar refractivity (Wildman–Crippen MR) is 39.8 cm³/mol. The second-order valence-electron chi connectivity index (χ2n) is 3.45. The smallest absolute Gasteiger partial charge is 0.0586 e. The molecule has 58 valence electrons. The maximum Gasteiger partial charge on any atom is 0.0586 e. The van der Waals surface area contributed by atoms with Gasteiger partial charge in [0, 0.05) is 12.1 Å². The van der Waals surface area contributed by atoms with Crippen LogP contribution in [0.25, 0.3) is 0 Å². The maximum atomic E-state index is 8.97. The number of aliphatic hydroxyl groups excluding tert-OH is 1. The number of aliphatic hydroxyl groups is 1. The standard InChI is InChI=1S/C8H15NO/c10-6-8-4-3-7-2-1-5-9(7)8/h7-8,10H,1-6H2/t7-,8?/m1/s1. The molecule has 2 rings (SSSR count). The van der Waals surface area contributed by atoms with Crippen LogP contribution in [0.5, 0.6) is 0 Å². The van der Waals surface area contributed by atoms with Gasteiger partial charge in [0.25, 0.3) is 0 Å². The van der Waals surface area contributed by atoms with E-state index in [0.29, 0.717) is 12.6 Å². The fraction of sp³-hybridized carbons (Fsp3) is 1.00. The summed E-state index contributed by atoms with van der Waals surface area (Å²) in [5.74, 6) is 0. The van der Waals surface area contributed by atoms with Crippen molar-refractivity contribution in [3.63, 3.8) is 0 Å². The second kappa shape index (κ2) is 2.51. The zero-order chi connectivity index (χ0) is 6.97. The van der Waals surface area contributed by atoms with E-state index < -0.39 is 0 Å². The van der Waals surface area contributed by atoms with E-state index in [9.17, 15) is 0 Å². The first-order valence-corrected chi connectivity index (χ1v) is 4.28. The molecule has 2 heterocycles. The molecule has 2 saturated heterocycles. The lowest BCUT2D eigenvalue weighted by atomic mass is 10.1. The summed E-state index contributed by atoms with van der Waals surface area (Å²) in [4.78, 5) is 2.49. The van der Waals surface area contributed by atoms with Crippen molar-refractivity contribution in [2.24, 2.45) is 0 Å². The molecule has 0 spiro atoms. The molecule has 0 saturated carbocycles. The fourth-order valence-electron chi connectivity index (χ4n) is 2.40. The summed E-state index contributed by atoms with van der Waals surface area (Å²) < 4.78 is 0. The van der Waals surface area contributed by atoms with Crippen molar-refractivity contribution in [2.45, 2.75) is 37.8 Å². The normalized spacial score (nSPS) is 40.5. The molecule has 2 fully saturated rings. The van der Waals surface area contributed by atoms with Gasteiger partial charge in [-0.05, 0) is 32.2 Å². The van der Waals surface area contributed by atoms with Crippen molar-refractivity contribution in [1.29, 1.82) is 0 Å². The Balaban J connectivity index is 2.01. The maximum absolute atomic E-state index is 8.97. The fourth-order valence-corrected chi connectivity index (χ4v) is 2.40. The van der Waals surface area contributed by atoms with Gasteiger partial charge in [0.15, 0.2) is 0 Å². The zero-order valence-corrected chi connectivity index (χ0v) is 6.29. The minimum atomic E-state index is 0.372. The van der Waals surface area contributed by atoms with E-state index in [1.807, 2.05) is 0 Å². The number of rotatable bonds is 1. The van der Waals surface area contributed by atoms with Gasteiger partial charge >= 0.3 is 0 Å². The third-order valence-electron chi connectivity index (χ3n) is 2.94. The topological polar surface area (TPSA) is 23.5 Å². The van der Waals surface area contributed by atoms with Crippen molar-refractivity contribution in [3.8, 4) is 0 Å². The number of hydrogen-bond acceptors (Lipinski definition) is 2. The molecular formula is C8H15NO. The lowest BCUT2D eigenvalue weighted by molar-refractivity contribution is 0.155. The highest BCUT2D eigenvalue weighted by Gasteiger charge is 2.35. The van der Waals surface area contributed by atoms with Crippen LogP contribution in [0, 0.1) is 0 Å². The summed E-state index contributed by atoms with van der Waals surface area (Å²) in [6, 6.07) is 1.34. The third-order valence-corrected chi connectivity index (χ3v) is 2.94. The SMILES string of the molecule is OCC1CC[C@H]2CCCN12. The average Bonchev–Trinajstić information content (AvgIpc) is 2.44. The summed E-state index contributed by atoms with van der Waals surface area (Å²) in [6.07, 6.45) is 5.27. The molecule has 2 atom stereocenters. The molecule has 2 aliphatic heterocycles. The van der Waals surface area contributed by atoms with Crippen LogP contribution in [-0.4, -0.2) is 35.2 Å². The Morgan fingerprint density at radius 2 is 2.20 bits per heavy atom. The zero-order valence-electron chi connectivity index (χ0n) is 6.29. The molecule has 0 aromatic heterocycles. The first kappa shape index (κ1) is 6.62. The van der Waals surface area contributed by atoms with Crippen molar-refractivity contribution in [1.82, 2.24) is 4.90 Å². The van der Waals surface area contributed by atoms with E-state index in [2.05, 4.69) is 4.90 Å². The van der Waals surface area contributed by atoms with Gasteiger partial charge in [-0.25, -0.2) is 0 Å². The second-order valence-corrected chi connectivity index (χ2v) is 3.45. The minimum absolute atomic E-state index is 0.372. The van der Waals surface area contributed by atoms with Crippen LogP contribution in [0.1, 0.15) is 25.7 Å². The highest BCUT2D eigenvalue weighted by molar-refractivity contribution is 4.91. The first-order chi connectivity index (χ1) is 4.92. The molecule has 0 amide bonds. The molecule has 10 heavy (non-hydrogen) atoms. The van der Waals surface area contributed by atoms with Crippen LogP contribution in [-0.2, 0) is 0 Å². The minimum Gasteiger partial charge on any atom is -0.395 e. The Morgan fingerprint density at radius 3 is 3.00 bits per heavy atom. The molecule has 1 N–H and O–H groups in total. The van der Waals surface area contributed by atoms with Gasteiger partial charge in [0.1, 0.15) is 0 Å². The molecule has 2 nitrogen and oxygen atoms in total. The molecular weight excluding hydrogens is 126 g/mol. The quantitative estimate of drug-likeness (QED) is 0.578. The van der Waals surface area contributed by atoms with Gasteiger partial charge in [0.2, 0.25) is 0 Å². The molecule has 0 aromatic carbocycles. The van der Waals surface area contributed by atoms with Crippen molar-refractivity contribution >= 4 is 0 Å². The molecule has 0 aliphatic carbocycles. The van der Waals surface area contributed by atoms with Crippen LogP contribution in [0.4, 0.5) is 0 Å². The summed E-state index contributed by atoms with van der Waals surface area (Å²) in [6.45, 7) is 1.60. The van der Waals surface area contributed by atoms with Crippen molar-refractivity contribution in [3.05, 3.63) is 0 Å². The lowest BCUT2D eigenvalue weighted by Gasteiger charge is -2.21. The first-order valence-electron chi connectivity index (χ1n) is 4.28. The summed E-state index contributed by atoms with van der Waals surface area (Å²) in [5.41, 5.74) is 0. The third kappa shape index (κ3) is 0.867. The highest BCUT2D eigenvalue weighted by atomic mass is 16.3. The number of nitrogens with zero attached hydrogens (tertiary/aromatic N) is 1. The Kier molecular flexibility index (Phi) is 1.66. The number of fused-ring (bicyclic) bond motifs is 1. The summed E-state index contributed by atoms with van der Waals surface area (Å²) in [5, 5.41) is 8.97. The van der Waals surface area contributed by atoms with Crippen LogP contribution >= 0.6 is 0 Å². The van der Waals surface area contributed by atoms with E-state index in [-0.39, 0.29) is 0 Å². The Morgan fingerprint density at radius 1 is 1.30 bits per heavy atom.